The molecule has 11 rings (SSSR count). The minimum absolute atomic E-state index is 0.0819. The van der Waals surface area contributed by atoms with Gasteiger partial charge in [0.05, 0.1) is 68.0 Å². The molecule has 11 aliphatic rings. The highest BCUT2D eigenvalue weighted by atomic mass is 16.8. The van der Waals surface area contributed by atoms with E-state index in [1.54, 1.807) is 13.8 Å². The van der Waals surface area contributed by atoms with Crippen molar-refractivity contribution in [2.45, 2.75) is 304 Å². The zero-order valence-electron chi connectivity index (χ0n) is 58.6. The predicted octanol–water partition coefficient (Wildman–Crippen LogP) is -1.93. The smallest absolute Gasteiger partial charge is 0.335 e. The van der Waals surface area contributed by atoms with Gasteiger partial charge >= 0.3 is 5.97 Å². The van der Waals surface area contributed by atoms with Crippen molar-refractivity contribution in [3.05, 3.63) is 11.6 Å². The van der Waals surface area contributed by atoms with E-state index >= 15 is 4.79 Å². The van der Waals surface area contributed by atoms with Crippen LogP contribution in [-0.4, -0.2) is 314 Å². The van der Waals surface area contributed by atoms with Crippen molar-refractivity contribution < 1.29 is 148 Å². The summed E-state index contributed by atoms with van der Waals surface area (Å²) < 4.78 is 79.4. The van der Waals surface area contributed by atoms with Crippen LogP contribution in [0.3, 0.4) is 0 Å². The molecule has 5 saturated carbocycles. The Labute approximate surface area is 577 Å². The number of ether oxygens (including phenoxy) is 13. The van der Waals surface area contributed by atoms with Crippen LogP contribution in [0.5, 0.6) is 0 Å². The molecule has 0 aromatic rings. The molecule has 10 fully saturated rings. The molecule has 38 atom stereocenters. The second-order valence-electron chi connectivity index (χ2n) is 32.5. The normalized spacial score (nSPS) is 53.8. The van der Waals surface area contributed by atoms with Gasteiger partial charge in [-0.1, -0.05) is 53.2 Å². The van der Waals surface area contributed by atoms with Crippen LogP contribution < -0.4 is 0 Å². The van der Waals surface area contributed by atoms with Crippen LogP contribution in [0.15, 0.2) is 11.6 Å². The first-order chi connectivity index (χ1) is 46.6. The maximum absolute atomic E-state index is 16.1. The van der Waals surface area contributed by atoms with Crippen LogP contribution in [-0.2, 0) is 71.2 Å². The summed E-state index contributed by atoms with van der Waals surface area (Å²) in [5.41, 5.74) is -3.37. The Balaban J connectivity index is 0.859. The first-order valence-electron chi connectivity index (χ1n) is 35.5. The summed E-state index contributed by atoms with van der Waals surface area (Å²) in [5.74, 6) is -3.77. The van der Waals surface area contributed by atoms with Crippen LogP contribution in [0.4, 0.5) is 0 Å². The van der Waals surface area contributed by atoms with Crippen molar-refractivity contribution >= 4 is 11.8 Å². The van der Waals surface area contributed by atoms with Crippen molar-refractivity contribution in [2.24, 2.45) is 56.2 Å². The average molecular weight is 1420 g/mol. The van der Waals surface area contributed by atoms with Crippen molar-refractivity contribution in [2.75, 3.05) is 47.8 Å². The van der Waals surface area contributed by atoms with Crippen LogP contribution in [0, 0.1) is 56.2 Å². The summed E-state index contributed by atoms with van der Waals surface area (Å²) >= 11 is 0. The van der Waals surface area contributed by atoms with E-state index in [0.29, 0.717) is 44.9 Å². The minimum atomic E-state index is -2.12. The van der Waals surface area contributed by atoms with Gasteiger partial charge in [-0.3, -0.25) is 4.79 Å². The Kier molecular flexibility index (Phi) is 23.2. The Bertz CT molecular complexity index is 2820. The predicted molar refractivity (Wildman–Crippen MR) is 338 cm³/mol. The number of aliphatic hydroxyl groups excluding tert-OH is 14. The number of carbonyl (C=O) groups is 2. The molecule has 22 unspecified atom stereocenters. The number of carboxylic acids is 1. The summed E-state index contributed by atoms with van der Waals surface area (Å²) in [6.07, 6.45) is -36.2. The van der Waals surface area contributed by atoms with Gasteiger partial charge in [0.15, 0.2) is 31.3 Å². The van der Waals surface area contributed by atoms with Gasteiger partial charge in [0.25, 0.3) is 0 Å². The zero-order chi connectivity index (χ0) is 72.3. The average Bonchev–Trinajstić information content (AvgIpc) is 0.671. The number of carbonyl (C=O) groups excluding carboxylic acids is 1. The Morgan fingerprint density at radius 2 is 1.18 bits per heavy atom. The van der Waals surface area contributed by atoms with Crippen molar-refractivity contribution in [3.63, 3.8) is 0 Å². The monoisotopic (exact) mass is 1420 g/mol. The third kappa shape index (κ3) is 13.3. The molecule has 6 aliphatic carbocycles. The number of aliphatic carboxylic acids is 1. The van der Waals surface area contributed by atoms with Crippen LogP contribution >= 0.6 is 0 Å². The van der Waals surface area contributed by atoms with E-state index in [4.69, 9.17) is 61.6 Å². The molecule has 0 bridgehead atoms. The van der Waals surface area contributed by atoms with Gasteiger partial charge in [0, 0.05) is 45.7 Å². The quantitative estimate of drug-likeness (QED) is 0.0494. The lowest BCUT2D eigenvalue weighted by Gasteiger charge is -2.72. The van der Waals surface area contributed by atoms with E-state index < -0.39 is 242 Å². The third-order valence-electron chi connectivity index (χ3n) is 26.6. The molecular weight excluding hydrogens is 1310 g/mol. The topological polar surface area (TPSA) is 458 Å². The fourth-order valence-corrected chi connectivity index (χ4v) is 20.7. The number of fused-ring (bicyclic) bond motifs is 7. The lowest BCUT2D eigenvalue weighted by atomic mass is 9.33. The van der Waals surface area contributed by atoms with Gasteiger partial charge in [-0.25, -0.2) is 4.79 Å². The zero-order valence-corrected chi connectivity index (χ0v) is 58.6. The molecule has 0 radical (unpaired) electrons. The van der Waals surface area contributed by atoms with Crippen LogP contribution in [0.1, 0.15) is 126 Å². The largest absolute Gasteiger partial charge is 0.479 e. The number of ketones is 1. The van der Waals surface area contributed by atoms with Crippen molar-refractivity contribution in [1.29, 1.82) is 0 Å². The number of aliphatic hydroxyl groups is 14. The SMILES string of the molecule is COC1C(O)[C@H](OC2C(O)[C@@H](OC)C(C)O[C@H]2CC(=O)[C@]23CCC(C)(C)CC2C2=CCC4[C@@]5(C)CCC(O[C@@H]6OC(C(=O)O)[C@@H](O)C(O[C@@H]7OC[C@@H](O)C(O)C7O)C6O[C@@H]6CC(CO)[C@H](O)C(O)C6O)C(C)(CO)C5CC[C@@]4(C)[C@]2(C)CC3O)OC(C)[C@@H]1O[C@@H]1OC[C@@H](O)C(OC)C1O. The van der Waals surface area contributed by atoms with Gasteiger partial charge < -0.3 is 138 Å². The van der Waals surface area contributed by atoms with Crippen molar-refractivity contribution in [1.82, 2.24) is 0 Å². The number of hydrogen-bond donors (Lipinski definition) is 15. The third-order valence-corrected chi connectivity index (χ3v) is 26.6. The maximum atomic E-state index is 16.1. The summed E-state index contributed by atoms with van der Waals surface area (Å²) in [4.78, 5) is 29.1. The van der Waals surface area contributed by atoms with Crippen molar-refractivity contribution in [3.8, 4) is 0 Å². The molecule has 0 aromatic heterocycles. The van der Waals surface area contributed by atoms with E-state index in [0.717, 1.165) is 5.57 Å². The number of carboxylic acid groups (broad SMARTS) is 1. The lowest BCUT2D eigenvalue weighted by molar-refractivity contribution is -0.371. The molecule has 5 heterocycles. The number of methoxy groups -OCH3 is 3. The molecule has 5 aliphatic heterocycles. The maximum Gasteiger partial charge on any atom is 0.335 e. The molecule has 30 nitrogen and oxygen atoms in total. The van der Waals surface area contributed by atoms with Gasteiger partial charge in [-0.05, 0) is 117 Å². The molecule has 0 aromatic carbocycles. The number of allylic oxidation sites excluding steroid dienone is 2. The van der Waals surface area contributed by atoms with E-state index in [9.17, 15) is 81.4 Å². The fourth-order valence-electron chi connectivity index (χ4n) is 20.7. The van der Waals surface area contributed by atoms with Gasteiger partial charge in [-0.15, -0.1) is 0 Å². The Morgan fingerprint density at radius 3 is 1.83 bits per heavy atom. The Hall–Kier alpha value is -2.20. The van der Waals surface area contributed by atoms with E-state index in [-0.39, 0.29) is 55.3 Å². The highest BCUT2D eigenvalue weighted by molar-refractivity contribution is 5.87. The summed E-state index contributed by atoms with van der Waals surface area (Å²) in [7, 11) is 4.10. The van der Waals surface area contributed by atoms with Gasteiger partial charge in [0.2, 0.25) is 0 Å². The molecule has 0 spiro atoms. The first-order valence-corrected chi connectivity index (χ1v) is 35.5. The second kappa shape index (κ2) is 29.5. The van der Waals surface area contributed by atoms with Crippen LogP contribution in [0.2, 0.25) is 0 Å². The highest BCUT2D eigenvalue weighted by Gasteiger charge is 2.72. The molecule has 30 heteroatoms. The summed E-state index contributed by atoms with van der Waals surface area (Å²) in [6, 6.07) is 0. The molecule has 568 valence electrons. The summed E-state index contributed by atoms with van der Waals surface area (Å²) in [6.45, 7) is 14.5. The standard InChI is InChI=1S/C69H112O30/c1-28-51(87-9)47(81)54(97-62-50(84)55(89-11)52(29(2)93-62)96-61-49(83)53(88-10)34(73)26-91-61)36(92-28)21-39(74)69-19-18-64(3,4)22-32(69)31-12-13-38-65(5)16-15-41(66(6,27-71)37(65)14-17-67(38,7)68(31,8)23-40(69)75)95-63-58(94-35-20-30(24-70)42(76)45(79)44(35)78)56(48(82)57(99-63)59(85)86)98-60-46(80)43(77)33(72)25-90-60/h12,28-30,32-38,40-58,60-63,70-73,75-84H,13-27H2,1-11H3,(H,85,86)/t28?,29?,30?,32?,33-,34-,35-,36+,37?,38?,40?,41?,42+,43?,44?,45?,46?,47?,48+,49?,50?,51+,52+,53?,54?,55?,56?,57?,58?,60+,61+,62+,63-,65+,66?,67-,68-,69+/m1/s1. The first kappa shape index (κ1) is 77.9. The fraction of sp³-hybridized carbons (Fsp3) is 0.942. The van der Waals surface area contributed by atoms with E-state index in [1.165, 1.54) is 21.3 Å². The van der Waals surface area contributed by atoms with E-state index in [2.05, 4.69) is 40.7 Å². The molecule has 5 saturated heterocycles. The number of rotatable bonds is 19. The van der Waals surface area contributed by atoms with Gasteiger partial charge in [-0.2, -0.15) is 0 Å². The Morgan fingerprint density at radius 1 is 0.556 bits per heavy atom. The minimum Gasteiger partial charge on any atom is -0.479 e. The molecular formula is C69H112O30. The van der Waals surface area contributed by atoms with Gasteiger partial charge in [0.1, 0.15) is 110 Å². The highest BCUT2D eigenvalue weighted by Crippen LogP contribution is 2.76. The van der Waals surface area contributed by atoms with Crippen LogP contribution in [0.25, 0.3) is 0 Å². The molecule has 0 amide bonds. The second-order valence-corrected chi connectivity index (χ2v) is 32.5. The molecule has 15 N–H and O–H groups in total. The van der Waals surface area contributed by atoms with E-state index in [1.807, 2.05) is 6.92 Å². The summed E-state index contributed by atoms with van der Waals surface area (Å²) in [5, 5.41) is 169. The molecule has 99 heavy (non-hydrogen) atoms. The number of Topliss-reactive ketones (excluding diaryl/α,β-unsaturated/α-hetero) is 1. The number of hydrogen-bond acceptors (Lipinski definition) is 29. The lowest BCUT2D eigenvalue weighted by Crippen LogP contribution is -2.69.